The molecule has 0 fully saturated rings. The van der Waals surface area contributed by atoms with Crippen molar-refractivity contribution in [3.8, 4) is 6.01 Å². The summed E-state index contributed by atoms with van der Waals surface area (Å²) in [4.78, 5) is 19.9. The average Bonchev–Trinajstić information content (AvgIpc) is 2.52. The molecule has 0 aliphatic heterocycles. The summed E-state index contributed by atoms with van der Waals surface area (Å²) < 4.78 is 43.0. The molecule has 0 aliphatic carbocycles. The third-order valence-corrected chi connectivity index (χ3v) is 3.33. The van der Waals surface area contributed by atoms with Crippen molar-refractivity contribution in [3.05, 3.63) is 41.0 Å². The highest BCUT2D eigenvalue weighted by Gasteiger charge is 2.30. The van der Waals surface area contributed by atoms with Crippen molar-refractivity contribution in [1.29, 1.82) is 0 Å². The Morgan fingerprint density at radius 3 is 2.48 bits per heavy atom. The van der Waals surface area contributed by atoms with Crippen LogP contribution in [0.3, 0.4) is 0 Å². The van der Waals surface area contributed by atoms with Crippen molar-refractivity contribution < 1.29 is 27.8 Å². The van der Waals surface area contributed by atoms with Crippen LogP contribution in [0.15, 0.2) is 30.3 Å². The number of nitrogens with zero attached hydrogens (tertiary/aromatic N) is 3. The molecule has 0 bridgehead atoms. The number of carboxylic acid groups (broad SMARTS) is 1. The fourth-order valence-corrected chi connectivity index (χ4v) is 2.03. The van der Waals surface area contributed by atoms with Crippen molar-refractivity contribution >= 4 is 29.1 Å². The summed E-state index contributed by atoms with van der Waals surface area (Å²) >= 11 is 5.89. The molecular formula is C15H13ClF3N3O3. The zero-order valence-corrected chi connectivity index (χ0v) is 13.7. The number of alkyl halides is 3. The van der Waals surface area contributed by atoms with E-state index in [2.05, 4.69) is 9.97 Å². The number of carbonyl (C=O) groups is 1. The number of carboxylic acids is 1. The third-order valence-electron chi connectivity index (χ3n) is 3.13. The topological polar surface area (TPSA) is 75.6 Å². The van der Waals surface area contributed by atoms with E-state index in [1.807, 2.05) is 0 Å². The quantitative estimate of drug-likeness (QED) is 0.775. The maximum atomic E-state index is 12.6. The minimum absolute atomic E-state index is 0.0501. The van der Waals surface area contributed by atoms with Gasteiger partial charge >= 0.3 is 18.2 Å². The van der Waals surface area contributed by atoms with E-state index in [-0.39, 0.29) is 30.0 Å². The summed E-state index contributed by atoms with van der Waals surface area (Å²) in [5.74, 6) is -0.755. The maximum Gasteiger partial charge on any atom is 0.416 e. The van der Waals surface area contributed by atoms with Gasteiger partial charge in [0.1, 0.15) is 17.6 Å². The smallest absolute Gasteiger partial charge is 0.416 e. The van der Waals surface area contributed by atoms with Crippen LogP contribution in [-0.4, -0.2) is 34.7 Å². The first-order chi connectivity index (χ1) is 11.7. The number of hydrogen-bond donors (Lipinski definition) is 1. The van der Waals surface area contributed by atoms with Crippen molar-refractivity contribution in [2.75, 3.05) is 18.6 Å². The van der Waals surface area contributed by atoms with E-state index in [1.54, 1.807) is 7.05 Å². The average molecular weight is 376 g/mol. The molecule has 0 spiro atoms. The molecule has 25 heavy (non-hydrogen) atoms. The summed E-state index contributed by atoms with van der Waals surface area (Å²) in [5.41, 5.74) is -0.317. The Balaban J connectivity index is 2.19. The zero-order chi connectivity index (χ0) is 18.6. The van der Waals surface area contributed by atoms with Crippen LogP contribution in [0.2, 0.25) is 5.15 Å². The number of hydrogen-bond acceptors (Lipinski definition) is 5. The molecule has 0 unspecified atom stereocenters. The number of benzene rings is 1. The molecule has 0 saturated heterocycles. The number of aliphatic carboxylic acids is 1. The monoisotopic (exact) mass is 375 g/mol. The normalized spacial score (nSPS) is 11.2. The fourth-order valence-electron chi connectivity index (χ4n) is 1.86. The SMILES string of the molecule is CN(c1ccc(C(F)(F)F)cc1)c1cc(Cl)nc(OCCC(=O)O)n1. The Kier molecular flexibility index (Phi) is 5.68. The molecule has 10 heteroatoms. The lowest BCUT2D eigenvalue weighted by Gasteiger charge is -2.19. The highest BCUT2D eigenvalue weighted by atomic mass is 35.5. The second kappa shape index (κ2) is 7.56. The number of halogens is 4. The van der Waals surface area contributed by atoms with E-state index in [1.165, 1.54) is 23.1 Å². The summed E-state index contributed by atoms with van der Waals surface area (Å²) in [7, 11) is 1.59. The first-order valence-electron chi connectivity index (χ1n) is 6.97. The van der Waals surface area contributed by atoms with Gasteiger partial charge in [0.15, 0.2) is 0 Å². The Bertz CT molecular complexity index is 754. The van der Waals surface area contributed by atoms with Gasteiger partial charge < -0.3 is 14.7 Å². The van der Waals surface area contributed by atoms with Crippen LogP contribution in [0, 0.1) is 0 Å². The predicted molar refractivity (Wildman–Crippen MR) is 84.3 cm³/mol. The second-order valence-corrected chi connectivity index (χ2v) is 5.31. The summed E-state index contributed by atoms with van der Waals surface area (Å²) in [6, 6.07) is 5.79. The molecule has 2 rings (SSSR count). The molecule has 6 nitrogen and oxygen atoms in total. The van der Waals surface area contributed by atoms with E-state index in [4.69, 9.17) is 21.4 Å². The summed E-state index contributed by atoms with van der Waals surface area (Å²) in [6.45, 7) is -0.140. The van der Waals surface area contributed by atoms with Crippen molar-refractivity contribution in [2.45, 2.75) is 12.6 Å². The molecule has 2 aromatic rings. The van der Waals surface area contributed by atoms with E-state index < -0.39 is 17.7 Å². The molecule has 134 valence electrons. The number of rotatable bonds is 6. The zero-order valence-electron chi connectivity index (χ0n) is 12.9. The van der Waals surface area contributed by atoms with Gasteiger partial charge in [0, 0.05) is 18.8 Å². The van der Waals surface area contributed by atoms with Gasteiger partial charge in [-0.1, -0.05) is 11.6 Å². The van der Waals surface area contributed by atoms with Crippen molar-refractivity contribution in [1.82, 2.24) is 9.97 Å². The molecule has 1 aromatic carbocycles. The minimum Gasteiger partial charge on any atom is -0.481 e. The lowest BCUT2D eigenvalue weighted by molar-refractivity contribution is -0.138. The molecule has 1 N–H and O–H groups in total. The van der Waals surface area contributed by atoms with Gasteiger partial charge in [-0.15, -0.1) is 0 Å². The van der Waals surface area contributed by atoms with E-state index in [9.17, 15) is 18.0 Å². The van der Waals surface area contributed by atoms with Crippen LogP contribution in [-0.2, 0) is 11.0 Å². The Labute approximate surface area is 145 Å². The van der Waals surface area contributed by atoms with Crippen molar-refractivity contribution in [2.24, 2.45) is 0 Å². The first-order valence-corrected chi connectivity index (χ1v) is 7.35. The fraction of sp³-hybridized carbons (Fsp3) is 0.267. The number of aromatic nitrogens is 2. The van der Waals surface area contributed by atoms with Crippen LogP contribution in [0.1, 0.15) is 12.0 Å². The van der Waals surface area contributed by atoms with Gasteiger partial charge in [-0.25, -0.2) is 0 Å². The van der Waals surface area contributed by atoms with E-state index >= 15 is 0 Å². The minimum atomic E-state index is -4.42. The van der Waals surface area contributed by atoms with Gasteiger partial charge in [-0.2, -0.15) is 23.1 Å². The van der Waals surface area contributed by atoms with Crippen LogP contribution in [0.25, 0.3) is 0 Å². The standard InChI is InChI=1S/C15H13ClF3N3O3/c1-22(10-4-2-9(3-5-10)15(17,18)19)12-8-11(16)20-14(21-12)25-7-6-13(23)24/h2-5,8H,6-7H2,1H3,(H,23,24). The molecule has 0 saturated carbocycles. The Morgan fingerprint density at radius 1 is 1.28 bits per heavy atom. The lowest BCUT2D eigenvalue weighted by Crippen LogP contribution is -2.14. The largest absolute Gasteiger partial charge is 0.481 e. The molecule has 0 aliphatic rings. The van der Waals surface area contributed by atoms with Crippen LogP contribution in [0.4, 0.5) is 24.7 Å². The molecule has 0 radical (unpaired) electrons. The maximum absolute atomic E-state index is 12.6. The lowest BCUT2D eigenvalue weighted by atomic mass is 10.2. The van der Waals surface area contributed by atoms with Crippen LogP contribution >= 0.6 is 11.6 Å². The van der Waals surface area contributed by atoms with E-state index in [0.29, 0.717) is 5.69 Å². The Hall–Kier alpha value is -2.55. The van der Waals surface area contributed by atoms with Crippen LogP contribution < -0.4 is 9.64 Å². The highest BCUT2D eigenvalue weighted by molar-refractivity contribution is 6.29. The van der Waals surface area contributed by atoms with Gasteiger partial charge in [-0.3, -0.25) is 4.79 Å². The summed E-state index contributed by atoms with van der Waals surface area (Å²) in [5, 5.41) is 8.63. The van der Waals surface area contributed by atoms with Gasteiger partial charge in [0.25, 0.3) is 0 Å². The van der Waals surface area contributed by atoms with Gasteiger partial charge in [-0.05, 0) is 24.3 Å². The number of anilines is 2. The van der Waals surface area contributed by atoms with Crippen molar-refractivity contribution in [3.63, 3.8) is 0 Å². The molecule has 0 atom stereocenters. The van der Waals surface area contributed by atoms with Crippen LogP contribution in [0.5, 0.6) is 6.01 Å². The second-order valence-electron chi connectivity index (χ2n) is 4.93. The summed E-state index contributed by atoms with van der Waals surface area (Å²) in [6.07, 6.45) is -4.65. The molecule has 1 heterocycles. The van der Waals surface area contributed by atoms with E-state index in [0.717, 1.165) is 12.1 Å². The number of ether oxygens (including phenoxy) is 1. The Morgan fingerprint density at radius 2 is 1.92 bits per heavy atom. The third kappa shape index (κ3) is 5.21. The molecule has 1 aromatic heterocycles. The predicted octanol–water partition coefficient (Wildman–Crippen LogP) is 3.77. The molecular weight excluding hydrogens is 363 g/mol. The van der Waals surface area contributed by atoms with Gasteiger partial charge in [0.2, 0.25) is 0 Å². The first kappa shape index (κ1) is 18.8. The highest BCUT2D eigenvalue weighted by Crippen LogP contribution is 2.32. The molecule has 0 amide bonds. The van der Waals surface area contributed by atoms with Gasteiger partial charge in [0.05, 0.1) is 12.0 Å².